The van der Waals surface area contributed by atoms with Crippen LogP contribution in [0, 0.1) is 0 Å². The number of benzene rings is 2. The van der Waals surface area contributed by atoms with Crippen LogP contribution in [0.1, 0.15) is 36.5 Å². The highest BCUT2D eigenvalue weighted by Gasteiger charge is 2.05. The van der Waals surface area contributed by atoms with E-state index in [0.29, 0.717) is 12.1 Å². The van der Waals surface area contributed by atoms with Gasteiger partial charge in [-0.25, -0.2) is 0 Å². The van der Waals surface area contributed by atoms with Gasteiger partial charge in [-0.05, 0) is 41.7 Å². The lowest BCUT2D eigenvalue weighted by Crippen LogP contribution is -2.15. The summed E-state index contributed by atoms with van der Waals surface area (Å²) in [5.41, 5.74) is 9.02. The molecule has 0 aliphatic heterocycles. The number of anilines is 1. The van der Waals surface area contributed by atoms with E-state index in [9.17, 15) is 9.59 Å². The molecule has 0 heterocycles. The number of amides is 2. The van der Waals surface area contributed by atoms with Gasteiger partial charge in [0.15, 0.2) is 0 Å². The quantitative estimate of drug-likeness (QED) is 0.782. The Morgan fingerprint density at radius 1 is 0.875 bits per heavy atom. The maximum absolute atomic E-state index is 12.1. The molecule has 0 aliphatic carbocycles. The number of unbranched alkanes of at least 4 members (excludes halogenated alkanes) is 1. The zero-order chi connectivity index (χ0) is 17.4. The van der Waals surface area contributed by atoms with Crippen molar-refractivity contribution in [3.8, 4) is 0 Å². The van der Waals surface area contributed by atoms with Gasteiger partial charge in [0.05, 0.1) is 12.8 Å². The summed E-state index contributed by atoms with van der Waals surface area (Å²) in [4.78, 5) is 23.0. The van der Waals surface area contributed by atoms with Crippen molar-refractivity contribution >= 4 is 17.5 Å². The third-order valence-electron chi connectivity index (χ3n) is 3.82. The van der Waals surface area contributed by atoms with Crippen molar-refractivity contribution in [2.75, 3.05) is 5.32 Å². The maximum Gasteiger partial charge on any atom is 0.228 e. The molecule has 0 bridgehead atoms. The van der Waals surface area contributed by atoms with Crippen LogP contribution < -0.4 is 11.1 Å². The predicted octanol–water partition coefficient (Wildman–Crippen LogP) is 3.24. The molecule has 126 valence electrons. The Hall–Kier alpha value is -2.62. The summed E-state index contributed by atoms with van der Waals surface area (Å²) in [6.45, 7) is 2.18. The summed E-state index contributed by atoms with van der Waals surface area (Å²) in [5, 5.41) is 2.86. The molecular formula is C20H24N2O2. The van der Waals surface area contributed by atoms with E-state index in [2.05, 4.69) is 24.4 Å². The van der Waals surface area contributed by atoms with Crippen LogP contribution in [0.4, 0.5) is 5.69 Å². The van der Waals surface area contributed by atoms with Gasteiger partial charge in [-0.1, -0.05) is 49.7 Å². The molecule has 0 radical (unpaired) electrons. The molecule has 4 nitrogen and oxygen atoms in total. The van der Waals surface area contributed by atoms with Crippen molar-refractivity contribution in [2.45, 2.75) is 39.0 Å². The van der Waals surface area contributed by atoms with Gasteiger partial charge in [0.25, 0.3) is 0 Å². The molecule has 2 aromatic rings. The Bertz CT molecular complexity index is 676. The van der Waals surface area contributed by atoms with Gasteiger partial charge in [-0.15, -0.1) is 0 Å². The van der Waals surface area contributed by atoms with Crippen LogP contribution in [0.5, 0.6) is 0 Å². The van der Waals surface area contributed by atoms with Crippen molar-refractivity contribution in [3.05, 3.63) is 65.2 Å². The average molecular weight is 324 g/mol. The minimum Gasteiger partial charge on any atom is -0.369 e. The van der Waals surface area contributed by atoms with E-state index >= 15 is 0 Å². The minimum atomic E-state index is -0.367. The van der Waals surface area contributed by atoms with Crippen molar-refractivity contribution in [1.29, 1.82) is 0 Å². The maximum atomic E-state index is 12.1. The van der Waals surface area contributed by atoms with E-state index in [0.717, 1.165) is 17.5 Å². The van der Waals surface area contributed by atoms with Gasteiger partial charge in [0, 0.05) is 5.69 Å². The number of nitrogens with two attached hydrogens (primary N) is 1. The summed E-state index contributed by atoms with van der Waals surface area (Å²) in [6, 6.07) is 15.4. The first-order valence-electron chi connectivity index (χ1n) is 8.31. The second kappa shape index (κ2) is 8.87. The van der Waals surface area contributed by atoms with Crippen LogP contribution in [-0.2, 0) is 28.9 Å². The van der Waals surface area contributed by atoms with Crippen LogP contribution in [0.25, 0.3) is 0 Å². The number of carbonyl (C=O) groups is 2. The Morgan fingerprint density at radius 2 is 1.42 bits per heavy atom. The van der Waals surface area contributed by atoms with E-state index in [-0.39, 0.29) is 18.2 Å². The molecule has 3 N–H and O–H groups in total. The lowest BCUT2D eigenvalue weighted by Gasteiger charge is -2.07. The fourth-order valence-corrected chi connectivity index (χ4v) is 2.50. The topological polar surface area (TPSA) is 72.2 Å². The average Bonchev–Trinajstić information content (AvgIpc) is 2.55. The molecule has 2 aromatic carbocycles. The lowest BCUT2D eigenvalue weighted by molar-refractivity contribution is -0.117. The molecule has 4 heteroatoms. The number of primary amides is 1. The van der Waals surface area contributed by atoms with E-state index in [4.69, 9.17) is 5.73 Å². The summed E-state index contributed by atoms with van der Waals surface area (Å²) < 4.78 is 0. The van der Waals surface area contributed by atoms with Crippen molar-refractivity contribution in [1.82, 2.24) is 0 Å². The monoisotopic (exact) mass is 324 g/mol. The normalized spacial score (nSPS) is 10.4. The van der Waals surface area contributed by atoms with Gasteiger partial charge >= 0.3 is 0 Å². The Morgan fingerprint density at radius 3 is 2.00 bits per heavy atom. The zero-order valence-corrected chi connectivity index (χ0v) is 14.0. The Balaban J connectivity index is 1.87. The zero-order valence-electron chi connectivity index (χ0n) is 14.0. The first-order chi connectivity index (χ1) is 11.6. The molecular weight excluding hydrogens is 300 g/mol. The molecule has 0 spiro atoms. The number of aryl methyl sites for hydroxylation is 1. The van der Waals surface area contributed by atoms with Gasteiger partial charge in [0.1, 0.15) is 0 Å². The SMILES string of the molecule is CCCCc1ccc(CC(=O)Nc2ccc(CC(N)=O)cc2)cc1. The van der Waals surface area contributed by atoms with Gasteiger partial charge in [-0.3, -0.25) is 9.59 Å². The van der Waals surface area contributed by atoms with Crippen LogP contribution in [0.2, 0.25) is 0 Å². The smallest absolute Gasteiger partial charge is 0.228 e. The second-order valence-electron chi connectivity index (χ2n) is 5.99. The molecule has 24 heavy (non-hydrogen) atoms. The van der Waals surface area contributed by atoms with E-state index in [1.165, 1.54) is 18.4 Å². The third-order valence-corrected chi connectivity index (χ3v) is 3.82. The molecule has 0 aliphatic rings. The van der Waals surface area contributed by atoms with Crippen molar-refractivity contribution in [2.24, 2.45) is 5.73 Å². The second-order valence-corrected chi connectivity index (χ2v) is 5.99. The molecule has 0 unspecified atom stereocenters. The molecule has 2 amide bonds. The van der Waals surface area contributed by atoms with E-state index < -0.39 is 0 Å². The number of nitrogens with one attached hydrogen (secondary N) is 1. The molecule has 0 aromatic heterocycles. The summed E-state index contributed by atoms with van der Waals surface area (Å²) in [5.74, 6) is -0.423. The highest BCUT2D eigenvalue weighted by molar-refractivity contribution is 5.92. The predicted molar refractivity (Wildman–Crippen MR) is 96.7 cm³/mol. The summed E-state index contributed by atoms with van der Waals surface area (Å²) >= 11 is 0. The fraction of sp³-hybridized carbons (Fsp3) is 0.300. The number of carbonyl (C=O) groups excluding carboxylic acids is 2. The first kappa shape index (κ1) is 17.7. The van der Waals surface area contributed by atoms with Crippen LogP contribution in [0.3, 0.4) is 0 Å². The number of hydrogen-bond acceptors (Lipinski definition) is 2. The Kier molecular flexibility index (Phi) is 6.55. The van der Waals surface area contributed by atoms with Crippen LogP contribution in [0.15, 0.2) is 48.5 Å². The van der Waals surface area contributed by atoms with E-state index in [1.807, 2.05) is 12.1 Å². The molecule has 0 saturated heterocycles. The molecule has 2 rings (SSSR count). The number of rotatable bonds is 8. The highest BCUT2D eigenvalue weighted by Crippen LogP contribution is 2.12. The molecule has 0 atom stereocenters. The van der Waals surface area contributed by atoms with Gasteiger partial charge in [0.2, 0.25) is 11.8 Å². The van der Waals surface area contributed by atoms with Crippen LogP contribution >= 0.6 is 0 Å². The van der Waals surface area contributed by atoms with E-state index in [1.54, 1.807) is 24.3 Å². The number of hydrogen-bond donors (Lipinski definition) is 2. The van der Waals surface area contributed by atoms with Crippen LogP contribution in [-0.4, -0.2) is 11.8 Å². The third kappa shape index (κ3) is 5.88. The fourth-order valence-electron chi connectivity index (χ4n) is 2.50. The first-order valence-corrected chi connectivity index (χ1v) is 8.31. The molecule has 0 saturated carbocycles. The lowest BCUT2D eigenvalue weighted by atomic mass is 10.0. The summed E-state index contributed by atoms with van der Waals surface area (Å²) in [6.07, 6.45) is 4.00. The Labute approximate surface area is 143 Å². The largest absolute Gasteiger partial charge is 0.369 e. The standard InChI is InChI=1S/C20H24N2O2/c1-2-3-4-15-5-7-17(8-6-15)14-20(24)22-18-11-9-16(10-12-18)13-19(21)23/h5-12H,2-4,13-14H2,1H3,(H2,21,23)(H,22,24). The van der Waals surface area contributed by atoms with Crippen molar-refractivity contribution < 1.29 is 9.59 Å². The molecule has 0 fully saturated rings. The van der Waals surface area contributed by atoms with Crippen molar-refractivity contribution in [3.63, 3.8) is 0 Å². The van der Waals surface area contributed by atoms with Gasteiger partial charge in [-0.2, -0.15) is 0 Å². The summed E-state index contributed by atoms with van der Waals surface area (Å²) in [7, 11) is 0. The highest BCUT2D eigenvalue weighted by atomic mass is 16.1. The van der Waals surface area contributed by atoms with Gasteiger partial charge < -0.3 is 11.1 Å². The minimum absolute atomic E-state index is 0.0565.